The second-order valence-electron chi connectivity index (χ2n) is 18.1. The summed E-state index contributed by atoms with van der Waals surface area (Å²) in [4.78, 5) is 7.70. The number of para-hydroxylation sites is 3. The van der Waals surface area contributed by atoms with Gasteiger partial charge in [-0.2, -0.15) is 0 Å². The molecule has 0 amide bonds. The standard InChI is InChI=1S/C60H46N2S/c1-59(2)52-37-45(61(42-21-10-6-11-22-42)44-30-33-48-41(36-44)29-28-40-20-14-15-25-47(40)48)31-34-50(52)57-55(59)56-58(63-57)51-35-32-46(38-53(51)60(56,3)4)62(43-23-12-7-13-24-43)54-27-17-16-26-49(54)39-18-8-5-9-19-39/h5-38H,1-4H3. The first-order valence-corrected chi connectivity index (χ1v) is 22.8. The van der Waals surface area contributed by atoms with E-state index in [2.05, 4.69) is 244 Å². The minimum absolute atomic E-state index is 0.206. The summed E-state index contributed by atoms with van der Waals surface area (Å²) in [5.41, 5.74) is 17.4. The number of hydrogen-bond donors (Lipinski definition) is 0. The average molecular weight is 827 g/mol. The number of benzene rings is 9. The number of nitrogens with zero attached hydrogens (tertiary/aromatic N) is 2. The molecule has 0 saturated heterocycles. The van der Waals surface area contributed by atoms with Crippen molar-refractivity contribution in [3.05, 3.63) is 229 Å². The molecule has 302 valence electrons. The molecule has 2 aliphatic carbocycles. The predicted octanol–water partition coefficient (Wildman–Crippen LogP) is 17.3. The van der Waals surface area contributed by atoms with Crippen LogP contribution in [-0.2, 0) is 10.8 Å². The van der Waals surface area contributed by atoms with E-state index in [1.54, 1.807) is 0 Å². The Balaban J connectivity index is 0.955. The van der Waals surface area contributed by atoms with Crippen molar-refractivity contribution in [3.8, 4) is 32.0 Å². The van der Waals surface area contributed by atoms with Crippen molar-refractivity contribution < 1.29 is 0 Å². The van der Waals surface area contributed by atoms with Crippen LogP contribution in [-0.4, -0.2) is 0 Å². The van der Waals surface area contributed by atoms with E-state index in [0.29, 0.717) is 0 Å². The molecule has 2 nitrogen and oxygen atoms in total. The highest BCUT2D eigenvalue weighted by atomic mass is 32.1. The Bertz CT molecular complexity index is 3400. The lowest BCUT2D eigenvalue weighted by molar-refractivity contribution is 0.603. The van der Waals surface area contributed by atoms with Gasteiger partial charge in [-0.25, -0.2) is 0 Å². The van der Waals surface area contributed by atoms with Gasteiger partial charge < -0.3 is 9.80 Å². The molecule has 1 heterocycles. The molecular formula is C60H46N2S. The molecule has 0 bridgehead atoms. The molecule has 1 aromatic heterocycles. The van der Waals surface area contributed by atoms with Crippen LogP contribution in [0.25, 0.3) is 53.6 Å². The van der Waals surface area contributed by atoms with Crippen LogP contribution in [0.3, 0.4) is 0 Å². The highest BCUT2D eigenvalue weighted by Crippen LogP contribution is 2.64. The van der Waals surface area contributed by atoms with Gasteiger partial charge >= 0.3 is 0 Å². The van der Waals surface area contributed by atoms with E-state index in [1.807, 2.05) is 11.3 Å². The third kappa shape index (κ3) is 5.76. The molecule has 0 radical (unpaired) electrons. The van der Waals surface area contributed by atoms with E-state index >= 15 is 0 Å². The molecule has 12 rings (SSSR count). The van der Waals surface area contributed by atoms with Gasteiger partial charge in [0.2, 0.25) is 0 Å². The Kier molecular flexibility index (Phi) is 8.45. The molecule has 0 fully saturated rings. The summed E-state index contributed by atoms with van der Waals surface area (Å²) in [6.45, 7) is 9.79. The van der Waals surface area contributed by atoms with Crippen molar-refractivity contribution in [2.75, 3.05) is 9.80 Å². The fraction of sp³-hybridized carbons (Fsp3) is 0.100. The highest BCUT2D eigenvalue weighted by molar-refractivity contribution is 7.19. The lowest BCUT2D eigenvalue weighted by Crippen LogP contribution is -2.23. The van der Waals surface area contributed by atoms with Gasteiger partial charge in [0, 0.05) is 54.6 Å². The first-order valence-electron chi connectivity index (χ1n) is 22.0. The average Bonchev–Trinajstić information content (AvgIpc) is 3.91. The van der Waals surface area contributed by atoms with Gasteiger partial charge in [0.25, 0.3) is 0 Å². The zero-order valence-electron chi connectivity index (χ0n) is 35.9. The van der Waals surface area contributed by atoms with Crippen molar-refractivity contribution in [1.29, 1.82) is 0 Å². The quantitative estimate of drug-likeness (QED) is 0.148. The summed E-state index contributed by atoms with van der Waals surface area (Å²) in [6, 6.07) is 75.7. The van der Waals surface area contributed by atoms with Crippen LogP contribution in [0.5, 0.6) is 0 Å². The summed E-state index contributed by atoms with van der Waals surface area (Å²) in [7, 11) is 0. The van der Waals surface area contributed by atoms with E-state index in [9.17, 15) is 0 Å². The maximum atomic E-state index is 2.47. The fourth-order valence-electron chi connectivity index (χ4n) is 10.7. The summed E-state index contributed by atoms with van der Waals surface area (Å²) in [5.74, 6) is 0. The molecule has 3 heteroatoms. The second kappa shape index (κ2) is 14.2. The molecule has 0 spiro atoms. The molecule has 9 aromatic carbocycles. The monoisotopic (exact) mass is 826 g/mol. The Morgan fingerprint density at radius 2 is 0.825 bits per heavy atom. The van der Waals surface area contributed by atoms with Crippen molar-refractivity contribution in [1.82, 2.24) is 0 Å². The molecular weight excluding hydrogens is 781 g/mol. The molecule has 0 atom stereocenters. The number of fused-ring (bicyclic) bond motifs is 10. The zero-order valence-corrected chi connectivity index (χ0v) is 36.7. The van der Waals surface area contributed by atoms with E-state index in [1.165, 1.54) is 87.2 Å². The number of rotatable bonds is 7. The van der Waals surface area contributed by atoms with Crippen LogP contribution in [0, 0.1) is 0 Å². The van der Waals surface area contributed by atoms with Crippen LogP contribution in [0.2, 0.25) is 0 Å². The molecule has 0 aliphatic heterocycles. The number of anilines is 6. The maximum absolute atomic E-state index is 2.47. The molecule has 0 N–H and O–H groups in total. The molecule has 10 aromatic rings. The Morgan fingerprint density at radius 3 is 1.48 bits per heavy atom. The van der Waals surface area contributed by atoms with E-state index < -0.39 is 0 Å². The molecule has 63 heavy (non-hydrogen) atoms. The van der Waals surface area contributed by atoms with Crippen molar-refractivity contribution in [3.63, 3.8) is 0 Å². The zero-order chi connectivity index (χ0) is 42.5. The maximum Gasteiger partial charge on any atom is 0.0540 e. The predicted molar refractivity (Wildman–Crippen MR) is 269 cm³/mol. The normalized spacial score (nSPS) is 14.0. The van der Waals surface area contributed by atoms with E-state index in [-0.39, 0.29) is 10.8 Å². The topological polar surface area (TPSA) is 6.48 Å². The van der Waals surface area contributed by atoms with Gasteiger partial charge in [0.1, 0.15) is 0 Å². The number of thiophene rings is 1. The lowest BCUT2D eigenvalue weighted by Gasteiger charge is -2.31. The van der Waals surface area contributed by atoms with Gasteiger partial charge in [0.05, 0.1) is 5.69 Å². The van der Waals surface area contributed by atoms with Crippen LogP contribution in [0.1, 0.15) is 49.9 Å². The SMILES string of the molecule is CC1(C)c2cc(N(c3ccccc3)c3ccc4c(ccc5ccccc54)c3)ccc2-c2sc3c(c21)C(C)(C)c1cc(N(c2ccccc2)c2ccccc2-c2ccccc2)ccc1-3. The van der Waals surface area contributed by atoms with Gasteiger partial charge in [0.15, 0.2) is 0 Å². The second-order valence-corrected chi connectivity index (χ2v) is 19.2. The minimum Gasteiger partial charge on any atom is -0.310 e. The van der Waals surface area contributed by atoms with Gasteiger partial charge in [-0.05, 0) is 127 Å². The van der Waals surface area contributed by atoms with Crippen LogP contribution in [0.15, 0.2) is 206 Å². The van der Waals surface area contributed by atoms with Crippen LogP contribution in [0.4, 0.5) is 34.1 Å². The third-order valence-corrected chi connectivity index (χ3v) is 15.0. The Labute approximate surface area is 374 Å². The Hall–Kier alpha value is -7.20. The Morgan fingerprint density at radius 1 is 0.349 bits per heavy atom. The summed E-state index contributed by atoms with van der Waals surface area (Å²) < 4.78 is 0. The van der Waals surface area contributed by atoms with E-state index in [0.717, 1.165) is 22.7 Å². The van der Waals surface area contributed by atoms with Gasteiger partial charge in [-0.1, -0.05) is 167 Å². The van der Waals surface area contributed by atoms with Crippen LogP contribution >= 0.6 is 11.3 Å². The summed E-state index contributed by atoms with van der Waals surface area (Å²) in [6.07, 6.45) is 0. The third-order valence-electron chi connectivity index (χ3n) is 13.8. The van der Waals surface area contributed by atoms with E-state index in [4.69, 9.17) is 0 Å². The van der Waals surface area contributed by atoms with Crippen molar-refractivity contribution in [2.24, 2.45) is 0 Å². The molecule has 0 saturated carbocycles. The van der Waals surface area contributed by atoms with Crippen molar-refractivity contribution >= 4 is 67.0 Å². The van der Waals surface area contributed by atoms with Gasteiger partial charge in [-0.15, -0.1) is 11.3 Å². The fourth-order valence-corrected chi connectivity index (χ4v) is 12.4. The summed E-state index contributed by atoms with van der Waals surface area (Å²) in [5, 5.41) is 5.07. The van der Waals surface area contributed by atoms with Crippen molar-refractivity contribution in [2.45, 2.75) is 38.5 Å². The lowest BCUT2D eigenvalue weighted by atomic mass is 9.74. The highest BCUT2D eigenvalue weighted by Gasteiger charge is 2.48. The van der Waals surface area contributed by atoms with Crippen LogP contribution < -0.4 is 9.80 Å². The molecule has 2 aliphatic rings. The largest absolute Gasteiger partial charge is 0.310 e. The smallest absolute Gasteiger partial charge is 0.0540 e. The number of hydrogen-bond acceptors (Lipinski definition) is 3. The first-order chi connectivity index (χ1) is 30.8. The first kappa shape index (κ1) is 37.6. The summed E-state index contributed by atoms with van der Waals surface area (Å²) >= 11 is 1.99. The minimum atomic E-state index is -0.209. The molecule has 0 unspecified atom stereocenters. The van der Waals surface area contributed by atoms with Gasteiger partial charge in [-0.3, -0.25) is 0 Å².